The molecule has 4 aromatic rings. The highest BCUT2D eigenvalue weighted by atomic mass is 32.2. The van der Waals surface area contributed by atoms with E-state index < -0.39 is 0 Å². The number of rotatable bonds is 5. The van der Waals surface area contributed by atoms with Gasteiger partial charge in [-0.2, -0.15) is 0 Å². The third-order valence-corrected chi connectivity index (χ3v) is 7.24. The Bertz CT molecular complexity index is 1560. The summed E-state index contributed by atoms with van der Waals surface area (Å²) in [5.41, 5.74) is 5.09. The number of hydrogen-bond acceptors (Lipinski definition) is 4. The van der Waals surface area contributed by atoms with E-state index in [4.69, 9.17) is 12.2 Å². The Morgan fingerprint density at radius 2 is 1.83 bits per heavy atom. The Morgan fingerprint density at radius 3 is 2.58 bits per heavy atom. The fraction of sp³-hybridized carbons (Fsp3) is 0.107. The van der Waals surface area contributed by atoms with Gasteiger partial charge in [-0.25, -0.2) is 4.39 Å². The van der Waals surface area contributed by atoms with Gasteiger partial charge in [-0.15, -0.1) is 0 Å². The number of benzene rings is 3. The van der Waals surface area contributed by atoms with Crippen LogP contribution in [0, 0.1) is 19.7 Å². The topological polar surface area (TPSA) is 54.3 Å². The van der Waals surface area contributed by atoms with E-state index in [-0.39, 0.29) is 24.2 Å². The van der Waals surface area contributed by atoms with Crippen LogP contribution < -0.4 is 10.2 Å². The maximum absolute atomic E-state index is 13.4. The molecule has 1 aliphatic rings. The first-order chi connectivity index (χ1) is 17.3. The second kappa shape index (κ2) is 9.72. The predicted molar refractivity (Wildman–Crippen MR) is 149 cm³/mol. The van der Waals surface area contributed by atoms with E-state index in [9.17, 15) is 14.0 Å². The Balaban J connectivity index is 1.44. The number of para-hydroxylation sites is 1. The minimum Gasteiger partial charge on any atom is -0.337 e. The lowest BCUT2D eigenvalue weighted by atomic mass is 10.1. The number of aromatic nitrogens is 1. The summed E-state index contributed by atoms with van der Waals surface area (Å²) >= 11 is 6.83. The molecule has 0 saturated carbocycles. The van der Waals surface area contributed by atoms with Crippen LogP contribution in [0.15, 0.2) is 77.8 Å². The van der Waals surface area contributed by atoms with Crippen molar-refractivity contribution in [2.45, 2.75) is 20.4 Å². The van der Waals surface area contributed by atoms with Gasteiger partial charge in [-0.05, 0) is 61.9 Å². The van der Waals surface area contributed by atoms with Crippen LogP contribution in [-0.2, 0) is 16.1 Å². The second-order valence-corrected chi connectivity index (χ2v) is 10.3. The number of carbonyl (C=O) groups is 2. The fourth-order valence-electron chi connectivity index (χ4n) is 4.28. The summed E-state index contributed by atoms with van der Waals surface area (Å²) in [5.74, 6) is -0.769. The van der Waals surface area contributed by atoms with Crippen LogP contribution in [0.25, 0.3) is 17.0 Å². The molecule has 3 aromatic carbocycles. The summed E-state index contributed by atoms with van der Waals surface area (Å²) in [6, 6.07) is 19.3. The van der Waals surface area contributed by atoms with Crippen LogP contribution in [0.4, 0.5) is 15.8 Å². The van der Waals surface area contributed by atoms with E-state index in [0.29, 0.717) is 14.9 Å². The third kappa shape index (κ3) is 4.69. The molecular formula is C28H22FN3O2S2. The number of anilines is 2. The molecule has 0 atom stereocenters. The van der Waals surface area contributed by atoms with Crippen molar-refractivity contribution in [3.05, 3.63) is 100 Å². The fourth-order valence-corrected chi connectivity index (χ4v) is 5.56. The Morgan fingerprint density at radius 1 is 1.08 bits per heavy atom. The molecule has 2 amide bonds. The summed E-state index contributed by atoms with van der Waals surface area (Å²) < 4.78 is 15.5. The van der Waals surface area contributed by atoms with Crippen molar-refractivity contribution >= 4 is 68.5 Å². The lowest BCUT2D eigenvalue weighted by Gasteiger charge is -2.17. The van der Waals surface area contributed by atoms with Crippen LogP contribution in [0.5, 0.6) is 0 Å². The summed E-state index contributed by atoms with van der Waals surface area (Å²) in [6.45, 7) is 4.04. The Labute approximate surface area is 217 Å². The molecule has 1 aliphatic heterocycles. The summed E-state index contributed by atoms with van der Waals surface area (Å²) in [6.07, 6.45) is 3.69. The molecule has 1 fully saturated rings. The molecule has 2 heterocycles. The minimum atomic E-state index is -0.364. The van der Waals surface area contributed by atoms with E-state index in [1.807, 2.05) is 73.2 Å². The lowest BCUT2D eigenvalue weighted by Crippen LogP contribution is -2.28. The predicted octanol–water partition coefficient (Wildman–Crippen LogP) is 6.44. The first-order valence-electron chi connectivity index (χ1n) is 11.3. The molecule has 0 unspecified atom stereocenters. The molecule has 1 saturated heterocycles. The number of aryl methyl sites for hydroxylation is 2. The van der Waals surface area contributed by atoms with Gasteiger partial charge < -0.3 is 9.88 Å². The summed E-state index contributed by atoms with van der Waals surface area (Å²) in [4.78, 5) is 28.2. The summed E-state index contributed by atoms with van der Waals surface area (Å²) in [7, 11) is 0. The van der Waals surface area contributed by atoms with Crippen LogP contribution >= 0.6 is 24.0 Å². The van der Waals surface area contributed by atoms with Crippen molar-refractivity contribution in [1.29, 1.82) is 0 Å². The number of thioether (sulfide) groups is 1. The van der Waals surface area contributed by atoms with E-state index in [1.54, 1.807) is 4.90 Å². The molecule has 0 radical (unpaired) electrons. The quantitative estimate of drug-likeness (QED) is 0.245. The van der Waals surface area contributed by atoms with Gasteiger partial charge in [0.1, 0.15) is 12.4 Å². The van der Waals surface area contributed by atoms with Gasteiger partial charge in [-0.3, -0.25) is 14.5 Å². The van der Waals surface area contributed by atoms with E-state index in [1.165, 1.54) is 36.0 Å². The highest BCUT2D eigenvalue weighted by Crippen LogP contribution is 2.38. The van der Waals surface area contributed by atoms with Gasteiger partial charge in [0.05, 0.1) is 10.6 Å². The number of nitrogens with one attached hydrogen (secondary N) is 1. The van der Waals surface area contributed by atoms with Crippen molar-refractivity contribution in [2.24, 2.45) is 0 Å². The smallest absolute Gasteiger partial charge is 0.270 e. The number of carbonyl (C=O) groups excluding carboxylic acids is 2. The number of halogens is 1. The maximum atomic E-state index is 13.4. The van der Waals surface area contributed by atoms with Gasteiger partial charge in [0.2, 0.25) is 5.91 Å². The molecule has 5 rings (SSSR count). The molecular weight excluding hydrogens is 493 g/mol. The van der Waals surface area contributed by atoms with Crippen LogP contribution in [0.2, 0.25) is 0 Å². The average Bonchev–Trinajstić information content (AvgIpc) is 3.32. The highest BCUT2D eigenvalue weighted by molar-refractivity contribution is 8.27. The average molecular weight is 516 g/mol. The second-order valence-electron chi connectivity index (χ2n) is 8.59. The number of thiocarbonyl (C=S) groups is 1. The Hall–Kier alpha value is -3.75. The van der Waals surface area contributed by atoms with Gasteiger partial charge in [0, 0.05) is 28.4 Å². The standard InChI is InChI=1S/C28H22FN3O2S2/c1-17-7-12-23(18(2)13-17)32-27(34)25(36-28(32)35)14-19-15-31(24-6-4-3-5-22(19)24)16-26(33)30-21-10-8-20(29)9-11-21/h3-15H,16H2,1-2H3,(H,30,33)/b25-14+. The third-order valence-electron chi connectivity index (χ3n) is 5.93. The van der Waals surface area contributed by atoms with E-state index in [0.717, 1.165) is 33.3 Å². The highest BCUT2D eigenvalue weighted by Gasteiger charge is 2.34. The molecule has 1 N–H and O–H groups in total. The Kier molecular flexibility index (Phi) is 6.47. The normalized spacial score (nSPS) is 14.8. The zero-order valence-electron chi connectivity index (χ0n) is 19.6. The monoisotopic (exact) mass is 515 g/mol. The SMILES string of the molecule is Cc1ccc(N2C(=O)/C(=C\c3cn(CC(=O)Nc4ccc(F)cc4)c4ccccc34)SC2=S)c(C)c1. The van der Waals surface area contributed by atoms with Crippen molar-refractivity contribution in [1.82, 2.24) is 4.57 Å². The summed E-state index contributed by atoms with van der Waals surface area (Å²) in [5, 5.41) is 3.71. The zero-order valence-corrected chi connectivity index (χ0v) is 21.3. The van der Waals surface area contributed by atoms with E-state index in [2.05, 4.69) is 5.32 Å². The minimum absolute atomic E-state index is 0.0647. The number of hydrogen-bond donors (Lipinski definition) is 1. The van der Waals surface area contributed by atoms with Crippen molar-refractivity contribution in [3.63, 3.8) is 0 Å². The first kappa shape index (κ1) is 24.0. The van der Waals surface area contributed by atoms with Gasteiger partial charge >= 0.3 is 0 Å². The number of fused-ring (bicyclic) bond motifs is 1. The van der Waals surface area contributed by atoms with Crippen molar-refractivity contribution < 1.29 is 14.0 Å². The van der Waals surface area contributed by atoms with Crippen molar-refractivity contribution in [3.8, 4) is 0 Å². The van der Waals surface area contributed by atoms with Gasteiger partial charge in [0.15, 0.2) is 4.32 Å². The molecule has 36 heavy (non-hydrogen) atoms. The molecule has 0 aliphatic carbocycles. The van der Waals surface area contributed by atoms with Crippen LogP contribution in [0.1, 0.15) is 16.7 Å². The molecule has 180 valence electrons. The number of amides is 2. The molecule has 8 heteroatoms. The zero-order chi connectivity index (χ0) is 25.4. The largest absolute Gasteiger partial charge is 0.337 e. The molecule has 0 spiro atoms. The lowest BCUT2D eigenvalue weighted by molar-refractivity contribution is -0.116. The maximum Gasteiger partial charge on any atom is 0.270 e. The van der Waals surface area contributed by atoms with Crippen molar-refractivity contribution in [2.75, 3.05) is 10.2 Å². The molecule has 0 bridgehead atoms. The van der Waals surface area contributed by atoms with Gasteiger partial charge in [-0.1, -0.05) is 59.9 Å². The van der Waals surface area contributed by atoms with Crippen LogP contribution in [0.3, 0.4) is 0 Å². The van der Waals surface area contributed by atoms with Gasteiger partial charge in [0.25, 0.3) is 5.91 Å². The first-order valence-corrected chi connectivity index (χ1v) is 12.5. The van der Waals surface area contributed by atoms with Crippen LogP contribution in [-0.4, -0.2) is 20.7 Å². The molecule has 5 nitrogen and oxygen atoms in total. The van der Waals surface area contributed by atoms with E-state index >= 15 is 0 Å². The molecule has 1 aromatic heterocycles. The number of nitrogens with zero attached hydrogens (tertiary/aromatic N) is 2.